The summed E-state index contributed by atoms with van der Waals surface area (Å²) >= 11 is 5.61. The van der Waals surface area contributed by atoms with E-state index >= 15 is 0 Å². The lowest BCUT2D eigenvalue weighted by atomic mass is 10.4. The van der Waals surface area contributed by atoms with Gasteiger partial charge >= 0.3 is 0 Å². The van der Waals surface area contributed by atoms with E-state index in [1.165, 1.54) is 6.07 Å². The minimum Gasteiger partial charge on any atom is -0.224 e. The van der Waals surface area contributed by atoms with Crippen LogP contribution in [0.1, 0.15) is 0 Å². The predicted octanol–water partition coefficient (Wildman–Crippen LogP) is 1.67. The van der Waals surface area contributed by atoms with Crippen molar-refractivity contribution in [2.75, 3.05) is 6.26 Å². The van der Waals surface area contributed by atoms with Crippen LogP contribution in [-0.2, 0) is 18.9 Å². The van der Waals surface area contributed by atoms with Gasteiger partial charge in [0.1, 0.15) is 0 Å². The van der Waals surface area contributed by atoms with Crippen molar-refractivity contribution in [2.24, 2.45) is 0 Å². The highest BCUT2D eigenvalue weighted by Crippen LogP contribution is 2.26. The molecule has 0 aromatic heterocycles. The third kappa shape index (κ3) is 3.07. The summed E-state index contributed by atoms with van der Waals surface area (Å²) in [6.07, 6.45) is 0.929. The molecule has 0 heterocycles. The van der Waals surface area contributed by atoms with Gasteiger partial charge in [0, 0.05) is 16.9 Å². The lowest BCUT2D eigenvalue weighted by Crippen LogP contribution is -2.00. The van der Waals surface area contributed by atoms with E-state index in [4.69, 9.17) is 22.3 Å². The number of rotatable bonds is 2. The lowest BCUT2D eigenvalue weighted by Gasteiger charge is -2.03. The van der Waals surface area contributed by atoms with Crippen LogP contribution < -0.4 is 0 Å². The van der Waals surface area contributed by atoms with Crippen LogP contribution in [-0.4, -0.2) is 23.1 Å². The average Bonchev–Trinajstić information content (AvgIpc) is 2.00. The quantitative estimate of drug-likeness (QED) is 0.777. The van der Waals surface area contributed by atoms with Crippen LogP contribution in [0.3, 0.4) is 0 Å². The highest BCUT2D eigenvalue weighted by atomic mass is 35.7. The third-order valence-corrected chi connectivity index (χ3v) is 4.51. The van der Waals surface area contributed by atoms with Crippen molar-refractivity contribution >= 4 is 41.2 Å². The van der Waals surface area contributed by atoms with Crippen molar-refractivity contribution < 1.29 is 16.8 Å². The first-order valence-corrected chi connectivity index (χ1v) is 8.14. The molecule has 0 spiro atoms. The topological polar surface area (TPSA) is 68.3 Å². The average molecular weight is 289 g/mol. The molecule has 0 saturated carbocycles. The number of halogens is 2. The Labute approximate surface area is 97.2 Å². The van der Waals surface area contributed by atoms with Gasteiger partial charge in [0.15, 0.2) is 9.84 Å². The summed E-state index contributed by atoms with van der Waals surface area (Å²) in [5.74, 6) is 0. The minimum absolute atomic E-state index is 0.0402. The van der Waals surface area contributed by atoms with Crippen LogP contribution in [0.2, 0.25) is 5.02 Å². The van der Waals surface area contributed by atoms with Gasteiger partial charge in [-0.25, -0.2) is 16.8 Å². The second kappa shape index (κ2) is 3.93. The molecule has 0 atom stereocenters. The van der Waals surface area contributed by atoms with E-state index < -0.39 is 18.9 Å². The molecule has 15 heavy (non-hydrogen) atoms. The Bertz CT molecular complexity index is 589. The fourth-order valence-corrected chi connectivity index (χ4v) is 3.07. The van der Waals surface area contributed by atoms with Crippen LogP contribution in [0.25, 0.3) is 0 Å². The molecule has 8 heteroatoms. The summed E-state index contributed by atoms with van der Waals surface area (Å²) in [5, 5.41) is -0.0402. The van der Waals surface area contributed by atoms with Gasteiger partial charge in [0.25, 0.3) is 9.05 Å². The fraction of sp³-hybridized carbons (Fsp3) is 0.143. The second-order valence-corrected chi connectivity index (χ2v) is 7.76. The van der Waals surface area contributed by atoms with Crippen LogP contribution in [0.15, 0.2) is 28.0 Å². The molecule has 0 amide bonds. The molecule has 0 unspecified atom stereocenters. The predicted molar refractivity (Wildman–Crippen MR) is 57.6 cm³/mol. The molecule has 0 bridgehead atoms. The Morgan fingerprint density at radius 1 is 1.13 bits per heavy atom. The van der Waals surface area contributed by atoms with Crippen molar-refractivity contribution in [3.63, 3.8) is 0 Å². The van der Waals surface area contributed by atoms with Crippen molar-refractivity contribution in [3.05, 3.63) is 23.2 Å². The summed E-state index contributed by atoms with van der Waals surface area (Å²) in [6, 6.07) is 3.24. The molecule has 0 aliphatic rings. The van der Waals surface area contributed by atoms with E-state index in [9.17, 15) is 16.8 Å². The van der Waals surface area contributed by atoms with Crippen LogP contribution in [0.4, 0.5) is 0 Å². The molecular weight excluding hydrogens is 283 g/mol. The maximum atomic E-state index is 11.2. The van der Waals surface area contributed by atoms with Crippen molar-refractivity contribution in [1.29, 1.82) is 0 Å². The highest BCUT2D eigenvalue weighted by molar-refractivity contribution is 8.13. The first kappa shape index (κ1) is 12.8. The summed E-state index contributed by atoms with van der Waals surface area (Å²) in [4.78, 5) is -0.556. The van der Waals surface area contributed by atoms with Gasteiger partial charge in [-0.3, -0.25) is 0 Å². The van der Waals surface area contributed by atoms with Crippen molar-refractivity contribution in [1.82, 2.24) is 0 Å². The zero-order valence-electron chi connectivity index (χ0n) is 7.44. The zero-order chi connectivity index (χ0) is 11.9. The van der Waals surface area contributed by atoms with Gasteiger partial charge < -0.3 is 0 Å². The van der Waals surface area contributed by atoms with E-state index in [1.807, 2.05) is 0 Å². The monoisotopic (exact) mass is 288 g/mol. The Kier molecular flexibility index (Phi) is 3.35. The Balaban J connectivity index is 3.57. The summed E-state index contributed by atoms with van der Waals surface area (Å²) in [5.41, 5.74) is 0. The summed E-state index contributed by atoms with van der Waals surface area (Å²) in [7, 11) is -2.46. The maximum absolute atomic E-state index is 11.2. The number of benzene rings is 1. The van der Waals surface area contributed by atoms with Gasteiger partial charge in [-0.2, -0.15) is 0 Å². The lowest BCUT2D eigenvalue weighted by molar-refractivity contribution is 0.601. The zero-order valence-corrected chi connectivity index (χ0v) is 10.6. The number of hydrogen-bond donors (Lipinski definition) is 0. The molecule has 84 valence electrons. The van der Waals surface area contributed by atoms with E-state index in [-0.39, 0.29) is 14.8 Å². The Hall–Kier alpha value is -0.300. The molecule has 1 aromatic rings. The normalized spacial score (nSPS) is 12.7. The molecule has 0 aliphatic heterocycles. The van der Waals surface area contributed by atoms with Crippen molar-refractivity contribution in [3.8, 4) is 0 Å². The third-order valence-electron chi connectivity index (χ3n) is 1.58. The van der Waals surface area contributed by atoms with Crippen LogP contribution in [0.5, 0.6) is 0 Å². The van der Waals surface area contributed by atoms with Gasteiger partial charge in [-0.1, -0.05) is 11.6 Å². The molecule has 1 aromatic carbocycles. The Morgan fingerprint density at radius 2 is 1.67 bits per heavy atom. The molecule has 0 radical (unpaired) electrons. The van der Waals surface area contributed by atoms with Gasteiger partial charge in [0.05, 0.1) is 14.8 Å². The van der Waals surface area contributed by atoms with Gasteiger partial charge in [-0.05, 0) is 18.2 Å². The number of sulfone groups is 1. The first-order valence-electron chi connectivity index (χ1n) is 3.56. The standard InChI is InChI=1S/C7H6Cl2O4S2/c1-14(10,11)7-4-5(15(9,12)13)2-3-6(7)8/h2-4H,1H3. The smallest absolute Gasteiger partial charge is 0.224 e. The fourth-order valence-electron chi connectivity index (χ4n) is 0.919. The second-order valence-electron chi connectivity index (χ2n) is 2.80. The number of hydrogen-bond acceptors (Lipinski definition) is 4. The molecule has 0 N–H and O–H groups in total. The van der Waals surface area contributed by atoms with Crippen LogP contribution in [0, 0.1) is 0 Å². The van der Waals surface area contributed by atoms with Crippen LogP contribution >= 0.6 is 22.3 Å². The highest BCUT2D eigenvalue weighted by Gasteiger charge is 2.17. The Morgan fingerprint density at radius 3 is 2.07 bits per heavy atom. The molecule has 0 aliphatic carbocycles. The maximum Gasteiger partial charge on any atom is 0.261 e. The molecule has 4 nitrogen and oxygen atoms in total. The van der Waals surface area contributed by atoms with Gasteiger partial charge in [0.2, 0.25) is 0 Å². The largest absolute Gasteiger partial charge is 0.261 e. The molecule has 1 rings (SSSR count). The van der Waals surface area contributed by atoms with E-state index in [0.29, 0.717) is 0 Å². The summed E-state index contributed by atoms with van der Waals surface area (Å²) in [6.45, 7) is 0. The van der Waals surface area contributed by atoms with E-state index in [0.717, 1.165) is 18.4 Å². The van der Waals surface area contributed by atoms with Gasteiger partial charge in [-0.15, -0.1) is 0 Å². The SMILES string of the molecule is CS(=O)(=O)c1cc(S(=O)(=O)Cl)ccc1Cl. The summed E-state index contributed by atoms with van der Waals surface area (Å²) < 4.78 is 44.3. The first-order chi connectivity index (χ1) is 6.62. The minimum atomic E-state index is -3.95. The molecule has 0 fully saturated rings. The van der Waals surface area contributed by atoms with Crippen molar-refractivity contribution in [2.45, 2.75) is 9.79 Å². The molecular formula is C7H6Cl2O4S2. The van der Waals surface area contributed by atoms with E-state index in [2.05, 4.69) is 0 Å². The van der Waals surface area contributed by atoms with E-state index in [1.54, 1.807) is 0 Å². The molecule has 0 saturated heterocycles.